The summed E-state index contributed by atoms with van der Waals surface area (Å²) in [6.07, 6.45) is 1.08. The Morgan fingerprint density at radius 2 is 1.98 bits per heavy atom. The van der Waals surface area contributed by atoms with Crippen molar-refractivity contribution in [2.24, 2.45) is 5.92 Å². The molecule has 2 saturated heterocycles. The van der Waals surface area contributed by atoms with E-state index in [2.05, 4.69) is 17.9 Å². The van der Waals surface area contributed by atoms with Gasteiger partial charge in [-0.1, -0.05) is 42.3 Å². The first-order chi connectivity index (χ1) is 23.5. The van der Waals surface area contributed by atoms with Crippen molar-refractivity contribution in [3.05, 3.63) is 46.5 Å². The number of carbonyl (C=O) groups is 4. The predicted octanol–water partition coefficient (Wildman–Crippen LogP) is 3.83. The van der Waals surface area contributed by atoms with Crippen LogP contribution >= 0.6 is 24.2 Å². The van der Waals surface area contributed by atoms with Gasteiger partial charge in [-0.3, -0.25) is 14.9 Å². The van der Waals surface area contributed by atoms with Gasteiger partial charge in [0, 0.05) is 40.0 Å². The molecule has 3 aliphatic rings. The Hall–Kier alpha value is -3.30. The SMILES string of the molecule is COc1cc2cc(c1Cl)N(C)C(=O)CC(OC(=O)[C@@H](C)N(C)C(=O)CCS)[C@@]1(C)OC1[C@H](C)[C@@H]1C[C@@](O)(NC(=O)O1)[C@H](OC)/C=C/C=C(\C)C2. The van der Waals surface area contributed by atoms with Gasteiger partial charge in [-0.15, -0.1) is 0 Å². The van der Waals surface area contributed by atoms with Gasteiger partial charge in [-0.2, -0.15) is 12.6 Å². The van der Waals surface area contributed by atoms with Crippen LogP contribution in [0.15, 0.2) is 35.9 Å². The highest BCUT2D eigenvalue weighted by atomic mass is 35.5. The van der Waals surface area contributed by atoms with Crippen LogP contribution in [0.2, 0.25) is 5.02 Å². The molecule has 13 nitrogen and oxygen atoms in total. The number of rotatable bonds is 7. The average Bonchev–Trinajstić information content (AvgIpc) is 3.76. The van der Waals surface area contributed by atoms with Gasteiger partial charge in [0.2, 0.25) is 11.8 Å². The molecule has 3 heterocycles. The van der Waals surface area contributed by atoms with E-state index in [9.17, 15) is 24.3 Å². The first kappa shape index (κ1) is 39.5. The normalized spacial score (nSPS) is 32.3. The van der Waals surface area contributed by atoms with Crippen LogP contribution in [0, 0.1) is 5.92 Å². The van der Waals surface area contributed by atoms with E-state index < -0.39 is 65.7 Å². The molecule has 2 unspecified atom stereocenters. The first-order valence-electron chi connectivity index (χ1n) is 16.4. The van der Waals surface area contributed by atoms with Crippen LogP contribution in [0.3, 0.4) is 0 Å². The summed E-state index contributed by atoms with van der Waals surface area (Å²) in [6, 6.07) is 2.60. The van der Waals surface area contributed by atoms with Crippen LogP contribution in [0.25, 0.3) is 0 Å². The van der Waals surface area contributed by atoms with Crippen LogP contribution in [0.1, 0.15) is 52.5 Å². The number of halogens is 1. The number of amides is 3. The molecule has 8 atom stereocenters. The molecule has 0 radical (unpaired) electrons. The average molecular weight is 738 g/mol. The van der Waals surface area contributed by atoms with Gasteiger partial charge in [-0.05, 0) is 50.6 Å². The zero-order chi connectivity index (χ0) is 37.1. The van der Waals surface area contributed by atoms with E-state index in [4.69, 9.17) is 35.3 Å². The van der Waals surface area contributed by atoms with Gasteiger partial charge in [0.15, 0.2) is 5.72 Å². The molecule has 0 saturated carbocycles. The molecule has 0 aliphatic carbocycles. The lowest BCUT2D eigenvalue weighted by molar-refractivity contribution is -0.161. The highest BCUT2D eigenvalue weighted by molar-refractivity contribution is 7.80. The second-order valence-electron chi connectivity index (χ2n) is 13.4. The number of aliphatic hydroxyl groups is 1. The lowest BCUT2D eigenvalue weighted by Gasteiger charge is -2.42. The van der Waals surface area contributed by atoms with Crippen LogP contribution in [0.4, 0.5) is 10.5 Å². The van der Waals surface area contributed by atoms with Crippen molar-refractivity contribution in [2.75, 3.05) is 39.0 Å². The Bertz CT molecular complexity index is 1540. The number of epoxide rings is 1. The third-order valence-electron chi connectivity index (χ3n) is 9.85. The molecule has 0 aromatic heterocycles. The minimum Gasteiger partial charge on any atom is -0.495 e. The van der Waals surface area contributed by atoms with Gasteiger partial charge in [0.1, 0.15) is 40.7 Å². The molecular weight excluding hydrogens is 690 g/mol. The second-order valence-corrected chi connectivity index (χ2v) is 14.2. The van der Waals surface area contributed by atoms with Gasteiger partial charge in [-0.25, -0.2) is 9.59 Å². The highest BCUT2D eigenvalue weighted by Crippen LogP contribution is 2.49. The minimum absolute atomic E-state index is 0.0489. The number of nitrogens with zero attached hydrogens (tertiary/aromatic N) is 2. The van der Waals surface area contributed by atoms with Crippen molar-refractivity contribution in [1.29, 1.82) is 0 Å². The number of alkyl carbamates (subject to hydrolysis) is 1. The smallest absolute Gasteiger partial charge is 0.409 e. The van der Waals surface area contributed by atoms with Crippen molar-refractivity contribution in [1.82, 2.24) is 10.2 Å². The summed E-state index contributed by atoms with van der Waals surface area (Å²) in [7, 11) is 5.98. The summed E-state index contributed by atoms with van der Waals surface area (Å²) in [4.78, 5) is 55.6. The first-order valence-corrected chi connectivity index (χ1v) is 17.5. The summed E-state index contributed by atoms with van der Waals surface area (Å²) >= 11 is 10.8. The molecule has 4 bridgehead atoms. The maximum absolute atomic E-state index is 14.0. The number of esters is 1. The summed E-state index contributed by atoms with van der Waals surface area (Å²) in [5.41, 5.74) is -0.903. The van der Waals surface area contributed by atoms with Crippen LogP contribution in [-0.2, 0) is 39.8 Å². The number of hydrogen-bond donors (Lipinski definition) is 3. The third kappa shape index (κ3) is 8.42. The lowest BCUT2D eigenvalue weighted by atomic mass is 9.83. The standard InChI is InChI=1S/C35H48ClN3O10S/c1-19-10-9-11-26(46-8)35(44)18-25(47-33(43)37-35)20(2)31-34(4,49-31)27(48-32(42)21(3)38(5)28(40)12-13-50)17-29(41)39(6)23-15-22(14-19)16-24(45-7)30(23)36/h9-11,15-16,20-21,25-27,31,44,50H,12-14,17-18H2,1-8H3,(H,37,43)/b11-9+,19-10+/t20-,21-,25+,26-,27?,31?,34-,35+/m1/s1. The second kappa shape index (κ2) is 15.9. The van der Waals surface area contributed by atoms with Crippen LogP contribution in [0.5, 0.6) is 5.75 Å². The fourth-order valence-electron chi connectivity index (χ4n) is 6.49. The molecule has 2 fully saturated rings. The summed E-state index contributed by atoms with van der Waals surface area (Å²) in [5, 5.41) is 14.4. The Labute approximate surface area is 303 Å². The monoisotopic (exact) mass is 737 g/mol. The number of methoxy groups -OCH3 is 2. The number of likely N-dealkylation sites (N-methyl/N-ethyl adjacent to an activating group) is 1. The summed E-state index contributed by atoms with van der Waals surface area (Å²) < 4.78 is 29.0. The largest absolute Gasteiger partial charge is 0.495 e. The van der Waals surface area contributed by atoms with E-state index in [1.165, 1.54) is 38.0 Å². The number of ether oxygens (including phenoxy) is 5. The molecule has 1 aromatic carbocycles. The molecule has 3 amide bonds. The number of hydrogen-bond acceptors (Lipinski definition) is 11. The zero-order valence-corrected chi connectivity index (χ0v) is 31.4. The highest BCUT2D eigenvalue weighted by Gasteiger charge is 2.64. The molecule has 1 aromatic rings. The topological polar surface area (TPSA) is 156 Å². The molecule has 276 valence electrons. The molecule has 2 N–H and O–H groups in total. The molecular formula is C35H48ClN3O10S. The van der Waals surface area contributed by atoms with E-state index in [1.807, 2.05) is 13.0 Å². The van der Waals surface area contributed by atoms with E-state index >= 15 is 0 Å². The third-order valence-corrected chi connectivity index (χ3v) is 10.5. The fraction of sp³-hybridized carbons (Fsp3) is 0.600. The molecule has 3 aliphatic heterocycles. The Morgan fingerprint density at radius 3 is 2.62 bits per heavy atom. The molecule has 4 rings (SSSR count). The summed E-state index contributed by atoms with van der Waals surface area (Å²) in [6.45, 7) is 6.96. The number of thiol groups is 1. The minimum atomic E-state index is -1.82. The van der Waals surface area contributed by atoms with Gasteiger partial charge < -0.3 is 38.6 Å². The maximum atomic E-state index is 14.0. The number of carbonyl (C=O) groups excluding carboxylic acids is 4. The zero-order valence-electron chi connectivity index (χ0n) is 29.7. The number of anilines is 1. The van der Waals surface area contributed by atoms with Crippen LogP contribution in [-0.4, -0.2) is 110 Å². The number of fused-ring (bicyclic) bond motifs is 5. The van der Waals surface area contributed by atoms with Gasteiger partial charge >= 0.3 is 12.1 Å². The summed E-state index contributed by atoms with van der Waals surface area (Å²) in [5.74, 6) is -1.30. The van der Waals surface area contributed by atoms with Crippen molar-refractivity contribution < 1.29 is 48.0 Å². The van der Waals surface area contributed by atoms with Crippen molar-refractivity contribution >= 4 is 53.8 Å². The predicted molar refractivity (Wildman–Crippen MR) is 189 cm³/mol. The Balaban J connectivity index is 1.78. The van der Waals surface area contributed by atoms with Gasteiger partial charge in [0.25, 0.3) is 0 Å². The molecule has 0 spiro atoms. The van der Waals surface area contributed by atoms with E-state index in [0.717, 1.165) is 11.1 Å². The Morgan fingerprint density at radius 1 is 1.28 bits per heavy atom. The van der Waals surface area contributed by atoms with E-state index in [0.29, 0.717) is 23.6 Å². The van der Waals surface area contributed by atoms with Crippen molar-refractivity contribution in [3.8, 4) is 5.75 Å². The Kier molecular flexibility index (Phi) is 12.6. The lowest BCUT2D eigenvalue weighted by Crippen LogP contribution is -2.63. The van der Waals surface area contributed by atoms with Crippen molar-refractivity contribution in [3.63, 3.8) is 0 Å². The number of nitrogens with one attached hydrogen (secondary N) is 1. The number of benzene rings is 1. The quantitative estimate of drug-likeness (QED) is 0.214. The van der Waals surface area contributed by atoms with Crippen LogP contribution < -0.4 is 15.0 Å². The molecule has 50 heavy (non-hydrogen) atoms. The molecule has 15 heteroatoms. The van der Waals surface area contributed by atoms with Crippen molar-refractivity contribution in [2.45, 2.75) is 95.2 Å². The maximum Gasteiger partial charge on any atom is 0.409 e. The van der Waals surface area contributed by atoms with E-state index in [-0.39, 0.29) is 30.2 Å². The fourth-order valence-corrected chi connectivity index (χ4v) is 6.99. The van der Waals surface area contributed by atoms with Gasteiger partial charge in [0.05, 0.1) is 25.3 Å². The number of allylic oxidation sites excluding steroid dienone is 3. The van der Waals surface area contributed by atoms with E-state index in [1.54, 1.807) is 45.2 Å².